The van der Waals surface area contributed by atoms with Gasteiger partial charge in [-0.15, -0.1) is 0 Å². The molecule has 0 aliphatic rings. The number of aryl methyl sites for hydroxylation is 1. The number of hydrogen-bond donors (Lipinski definition) is 1. The molecule has 0 saturated heterocycles. The second kappa shape index (κ2) is 9.47. The molecule has 1 amide bonds. The summed E-state index contributed by atoms with van der Waals surface area (Å²) in [6.07, 6.45) is 0. The van der Waals surface area contributed by atoms with Gasteiger partial charge in [0.05, 0.1) is 18.8 Å². The first-order valence-corrected chi connectivity index (χ1v) is 9.69. The molecule has 29 heavy (non-hydrogen) atoms. The van der Waals surface area contributed by atoms with E-state index < -0.39 is 0 Å². The summed E-state index contributed by atoms with van der Waals surface area (Å²) in [5, 5.41) is 7.62. The van der Waals surface area contributed by atoms with Gasteiger partial charge in [-0.2, -0.15) is 5.10 Å². The van der Waals surface area contributed by atoms with E-state index in [0.29, 0.717) is 19.6 Å². The lowest BCUT2D eigenvalue weighted by Crippen LogP contribution is -2.34. The summed E-state index contributed by atoms with van der Waals surface area (Å²) in [6.45, 7) is 6.02. The van der Waals surface area contributed by atoms with Crippen molar-refractivity contribution in [2.24, 2.45) is 0 Å². The van der Waals surface area contributed by atoms with Crippen LogP contribution in [0.15, 0.2) is 54.6 Å². The van der Waals surface area contributed by atoms with Gasteiger partial charge in [-0.1, -0.05) is 42.5 Å². The van der Waals surface area contributed by atoms with Crippen molar-refractivity contribution in [2.75, 3.05) is 13.6 Å². The minimum Gasteiger partial charge on any atom is -0.351 e. The molecule has 1 N–H and O–H groups in total. The van der Waals surface area contributed by atoms with E-state index in [4.69, 9.17) is 0 Å². The van der Waals surface area contributed by atoms with E-state index in [1.54, 1.807) is 12.1 Å². The van der Waals surface area contributed by atoms with Gasteiger partial charge in [0, 0.05) is 24.3 Å². The highest BCUT2D eigenvalue weighted by atomic mass is 19.1. The number of amides is 1. The van der Waals surface area contributed by atoms with Gasteiger partial charge in [-0.3, -0.25) is 14.4 Å². The predicted molar refractivity (Wildman–Crippen MR) is 112 cm³/mol. The zero-order chi connectivity index (χ0) is 20.8. The van der Waals surface area contributed by atoms with Crippen LogP contribution in [0.3, 0.4) is 0 Å². The van der Waals surface area contributed by atoms with E-state index in [9.17, 15) is 9.18 Å². The number of benzene rings is 2. The molecule has 0 bridgehead atoms. The van der Waals surface area contributed by atoms with Crippen molar-refractivity contribution in [3.63, 3.8) is 0 Å². The summed E-state index contributed by atoms with van der Waals surface area (Å²) in [5.41, 5.74) is 5.20. The molecule has 6 heteroatoms. The van der Waals surface area contributed by atoms with E-state index in [1.165, 1.54) is 17.7 Å². The first-order valence-electron chi connectivity index (χ1n) is 9.69. The maximum Gasteiger partial charge on any atom is 0.234 e. The molecule has 1 heterocycles. The average Bonchev–Trinajstić information content (AvgIpc) is 2.95. The molecule has 0 saturated carbocycles. The van der Waals surface area contributed by atoms with Crippen molar-refractivity contribution in [2.45, 2.75) is 33.5 Å². The highest BCUT2D eigenvalue weighted by molar-refractivity contribution is 5.78. The number of likely N-dealkylation sites (N-methyl/N-ethyl adjacent to an activating group) is 1. The fourth-order valence-electron chi connectivity index (χ4n) is 3.35. The van der Waals surface area contributed by atoms with Crippen molar-refractivity contribution in [3.05, 3.63) is 88.5 Å². The maximum atomic E-state index is 13.0. The maximum absolute atomic E-state index is 13.0. The monoisotopic (exact) mass is 394 g/mol. The Bertz CT molecular complexity index is 951. The number of rotatable bonds is 8. The van der Waals surface area contributed by atoms with Crippen LogP contribution in [0, 0.1) is 19.7 Å². The number of halogens is 1. The van der Waals surface area contributed by atoms with E-state index >= 15 is 0 Å². The summed E-state index contributed by atoms with van der Waals surface area (Å²) < 4.78 is 15.0. The summed E-state index contributed by atoms with van der Waals surface area (Å²) in [5.74, 6) is -0.308. The Kier molecular flexibility index (Phi) is 6.77. The SMILES string of the molecule is Cc1nn(Cc2ccccc2)c(C)c1CNC(=O)CN(C)Cc1ccc(F)cc1. The molecule has 0 fully saturated rings. The number of aromatic nitrogens is 2. The zero-order valence-electron chi connectivity index (χ0n) is 17.2. The van der Waals surface area contributed by atoms with Gasteiger partial charge in [0.2, 0.25) is 5.91 Å². The number of nitrogens with one attached hydrogen (secondary N) is 1. The second-order valence-corrected chi connectivity index (χ2v) is 7.37. The molecule has 3 rings (SSSR count). The van der Waals surface area contributed by atoms with E-state index in [1.807, 2.05) is 48.7 Å². The molecule has 2 aromatic carbocycles. The highest BCUT2D eigenvalue weighted by Crippen LogP contribution is 2.15. The Labute approximate surface area is 171 Å². The highest BCUT2D eigenvalue weighted by Gasteiger charge is 2.14. The van der Waals surface area contributed by atoms with Gasteiger partial charge in [-0.25, -0.2) is 4.39 Å². The lowest BCUT2D eigenvalue weighted by molar-refractivity contribution is -0.122. The van der Waals surface area contributed by atoms with E-state index in [2.05, 4.69) is 22.5 Å². The molecular formula is C23H27FN4O. The van der Waals surface area contributed by atoms with Crippen LogP contribution in [0.5, 0.6) is 0 Å². The van der Waals surface area contributed by atoms with E-state index in [-0.39, 0.29) is 18.3 Å². The molecule has 0 spiro atoms. The topological polar surface area (TPSA) is 50.2 Å². The third-order valence-electron chi connectivity index (χ3n) is 4.95. The molecule has 152 valence electrons. The molecule has 0 atom stereocenters. The Morgan fingerprint density at radius 3 is 2.45 bits per heavy atom. The van der Waals surface area contributed by atoms with Gasteiger partial charge < -0.3 is 5.32 Å². The summed E-state index contributed by atoms with van der Waals surface area (Å²) in [6, 6.07) is 16.5. The van der Waals surface area contributed by atoms with Crippen molar-refractivity contribution in [1.29, 1.82) is 0 Å². The molecule has 0 aliphatic carbocycles. The van der Waals surface area contributed by atoms with Gasteiger partial charge in [0.15, 0.2) is 0 Å². The first-order chi connectivity index (χ1) is 13.9. The van der Waals surface area contributed by atoms with Crippen LogP contribution in [0.2, 0.25) is 0 Å². The Morgan fingerprint density at radius 1 is 1.07 bits per heavy atom. The van der Waals surface area contributed by atoms with Gasteiger partial charge in [0.1, 0.15) is 5.82 Å². The summed E-state index contributed by atoms with van der Waals surface area (Å²) in [4.78, 5) is 14.3. The molecule has 3 aromatic rings. The zero-order valence-corrected chi connectivity index (χ0v) is 17.2. The van der Waals surface area contributed by atoms with Crippen LogP contribution in [0.25, 0.3) is 0 Å². The van der Waals surface area contributed by atoms with Crippen LogP contribution < -0.4 is 5.32 Å². The normalized spacial score (nSPS) is 11.1. The molecule has 0 aliphatic heterocycles. The third kappa shape index (κ3) is 5.74. The molecule has 1 aromatic heterocycles. The van der Waals surface area contributed by atoms with Crippen molar-refractivity contribution < 1.29 is 9.18 Å². The van der Waals surface area contributed by atoms with Gasteiger partial charge >= 0.3 is 0 Å². The molecular weight excluding hydrogens is 367 g/mol. The largest absolute Gasteiger partial charge is 0.351 e. The van der Waals surface area contributed by atoms with Crippen molar-refractivity contribution >= 4 is 5.91 Å². The summed E-state index contributed by atoms with van der Waals surface area (Å²) >= 11 is 0. The molecule has 0 unspecified atom stereocenters. The molecule has 5 nitrogen and oxygen atoms in total. The van der Waals surface area contributed by atoms with Crippen LogP contribution in [0.1, 0.15) is 28.1 Å². The smallest absolute Gasteiger partial charge is 0.234 e. The number of carbonyl (C=O) groups excluding carboxylic acids is 1. The third-order valence-corrected chi connectivity index (χ3v) is 4.95. The Hall–Kier alpha value is -2.99. The van der Waals surface area contributed by atoms with Gasteiger partial charge in [0.25, 0.3) is 0 Å². The van der Waals surface area contributed by atoms with Crippen LogP contribution in [-0.4, -0.2) is 34.2 Å². The fourth-order valence-corrected chi connectivity index (χ4v) is 3.35. The van der Waals surface area contributed by atoms with Gasteiger partial charge in [-0.05, 0) is 44.2 Å². The summed E-state index contributed by atoms with van der Waals surface area (Å²) in [7, 11) is 1.87. The lowest BCUT2D eigenvalue weighted by atomic mass is 10.2. The molecule has 0 radical (unpaired) electrons. The van der Waals surface area contributed by atoms with Crippen LogP contribution in [0.4, 0.5) is 4.39 Å². The minimum absolute atomic E-state index is 0.0516. The predicted octanol–water partition coefficient (Wildman–Crippen LogP) is 3.44. The first kappa shape index (κ1) is 20.7. The Balaban J connectivity index is 1.53. The Morgan fingerprint density at radius 2 is 1.76 bits per heavy atom. The van der Waals surface area contributed by atoms with E-state index in [0.717, 1.165) is 22.5 Å². The quantitative estimate of drug-likeness (QED) is 0.637. The van der Waals surface area contributed by atoms with Crippen LogP contribution in [-0.2, 0) is 24.4 Å². The minimum atomic E-state index is -0.257. The standard InChI is InChI=1S/C23H27FN4O/c1-17-22(18(2)28(26-17)15-19-7-5-4-6-8-19)13-25-23(29)16-27(3)14-20-9-11-21(24)12-10-20/h4-12H,13-16H2,1-3H3,(H,25,29). The fraction of sp³-hybridized carbons (Fsp3) is 0.304. The number of carbonyl (C=O) groups is 1. The second-order valence-electron chi connectivity index (χ2n) is 7.37. The average molecular weight is 394 g/mol. The van der Waals surface area contributed by atoms with Crippen molar-refractivity contribution in [3.8, 4) is 0 Å². The lowest BCUT2D eigenvalue weighted by Gasteiger charge is -2.16. The number of nitrogens with zero attached hydrogens (tertiary/aromatic N) is 3. The number of hydrogen-bond acceptors (Lipinski definition) is 3. The van der Waals surface area contributed by atoms with Crippen LogP contribution >= 0.6 is 0 Å². The van der Waals surface area contributed by atoms with Crippen molar-refractivity contribution in [1.82, 2.24) is 20.0 Å².